The van der Waals surface area contributed by atoms with E-state index < -0.39 is 5.97 Å². The lowest BCUT2D eigenvalue weighted by molar-refractivity contribution is -0.121. The third-order valence-electron chi connectivity index (χ3n) is 6.55. The van der Waals surface area contributed by atoms with Crippen LogP contribution in [0.25, 0.3) is 27.3 Å². The van der Waals surface area contributed by atoms with Crippen molar-refractivity contribution in [3.63, 3.8) is 0 Å². The number of pyridine rings is 1. The Labute approximate surface area is 217 Å². The van der Waals surface area contributed by atoms with Crippen LogP contribution in [0.4, 0.5) is 5.69 Å². The third-order valence-corrected chi connectivity index (χ3v) is 7.44. The number of aryl methyl sites for hydroxylation is 2. The fourth-order valence-electron chi connectivity index (χ4n) is 4.83. The van der Waals surface area contributed by atoms with Crippen LogP contribution in [0.2, 0.25) is 0 Å². The lowest BCUT2D eigenvalue weighted by atomic mass is 10.0. The summed E-state index contributed by atoms with van der Waals surface area (Å²) < 4.78 is 7.36. The van der Waals surface area contributed by atoms with E-state index in [0.717, 1.165) is 34.7 Å². The molecule has 7 nitrogen and oxygen atoms in total. The van der Waals surface area contributed by atoms with Crippen LogP contribution in [-0.2, 0) is 16.0 Å². The largest absolute Gasteiger partial charge is 0.452 e. The quantitative estimate of drug-likeness (QED) is 0.289. The molecule has 1 amide bonds. The molecule has 37 heavy (non-hydrogen) atoms. The van der Waals surface area contributed by atoms with Crippen LogP contribution >= 0.6 is 11.3 Å². The maximum absolute atomic E-state index is 13.5. The molecular formula is C29H24N4O3S. The van der Waals surface area contributed by atoms with Crippen LogP contribution in [0.15, 0.2) is 78.2 Å². The second kappa shape index (κ2) is 9.63. The van der Waals surface area contributed by atoms with E-state index in [1.165, 1.54) is 11.3 Å². The summed E-state index contributed by atoms with van der Waals surface area (Å²) in [5, 5.41) is 7.28. The summed E-state index contributed by atoms with van der Waals surface area (Å²) in [6.45, 7) is 2.12. The summed E-state index contributed by atoms with van der Waals surface area (Å²) in [6, 6.07) is 23.2. The fourth-order valence-corrected chi connectivity index (χ4v) is 5.51. The van der Waals surface area contributed by atoms with Gasteiger partial charge in [-0.3, -0.25) is 4.79 Å². The van der Waals surface area contributed by atoms with Crippen LogP contribution in [-0.4, -0.2) is 39.8 Å². The van der Waals surface area contributed by atoms with Crippen molar-refractivity contribution in [2.75, 3.05) is 18.1 Å². The van der Waals surface area contributed by atoms with Gasteiger partial charge in [0.05, 0.1) is 32.9 Å². The third kappa shape index (κ3) is 4.29. The Bertz CT molecular complexity index is 1610. The number of fused-ring (bicyclic) bond motifs is 2. The Morgan fingerprint density at radius 2 is 1.84 bits per heavy atom. The smallest absolute Gasteiger partial charge is 0.339 e. The van der Waals surface area contributed by atoms with Crippen LogP contribution in [0.5, 0.6) is 0 Å². The standard InChI is InChI=1S/C29H24N4O3S/c1-19-27-22(29(35)36-18-26(34)32-15-7-10-20-9-5-6-13-24(20)32)17-23(25-14-8-16-37-25)30-28(27)33(31-19)21-11-3-2-4-12-21/h2-6,8-9,11-14,16-17H,7,10,15,18H2,1H3. The number of amides is 1. The first-order valence-electron chi connectivity index (χ1n) is 12.2. The van der Waals surface area contributed by atoms with Gasteiger partial charge in [0, 0.05) is 12.2 Å². The minimum atomic E-state index is -0.570. The Hall–Kier alpha value is -4.30. The number of ether oxygens (including phenoxy) is 1. The number of hydrogen-bond acceptors (Lipinski definition) is 6. The van der Waals surface area contributed by atoms with Gasteiger partial charge in [-0.05, 0) is 61.0 Å². The molecule has 0 saturated heterocycles. The molecule has 8 heteroatoms. The van der Waals surface area contributed by atoms with Gasteiger partial charge in [-0.25, -0.2) is 14.5 Å². The highest BCUT2D eigenvalue weighted by molar-refractivity contribution is 7.13. The number of carbonyl (C=O) groups is 2. The van der Waals surface area contributed by atoms with E-state index in [2.05, 4.69) is 0 Å². The molecule has 0 fully saturated rings. The van der Waals surface area contributed by atoms with Crippen molar-refractivity contribution >= 4 is 39.9 Å². The second-order valence-corrected chi connectivity index (χ2v) is 9.87. The van der Waals surface area contributed by atoms with Gasteiger partial charge in [0.15, 0.2) is 12.3 Å². The van der Waals surface area contributed by atoms with Gasteiger partial charge in [-0.1, -0.05) is 42.5 Å². The zero-order chi connectivity index (χ0) is 25.4. The van der Waals surface area contributed by atoms with Crippen molar-refractivity contribution in [1.29, 1.82) is 0 Å². The second-order valence-electron chi connectivity index (χ2n) is 8.92. The zero-order valence-corrected chi connectivity index (χ0v) is 21.1. The monoisotopic (exact) mass is 508 g/mol. The van der Waals surface area contributed by atoms with Crippen LogP contribution in [0.1, 0.15) is 28.0 Å². The molecule has 0 saturated carbocycles. The SMILES string of the molecule is Cc1nn(-c2ccccc2)c2nc(-c3cccs3)cc(C(=O)OCC(=O)N3CCCc4ccccc43)c12. The highest BCUT2D eigenvalue weighted by atomic mass is 32.1. The highest BCUT2D eigenvalue weighted by Crippen LogP contribution is 2.31. The molecular weight excluding hydrogens is 484 g/mol. The lowest BCUT2D eigenvalue weighted by Gasteiger charge is -2.29. The molecule has 184 valence electrons. The predicted octanol–water partition coefficient (Wildman–Crippen LogP) is 5.59. The van der Waals surface area contributed by atoms with Gasteiger partial charge >= 0.3 is 5.97 Å². The molecule has 0 atom stereocenters. The molecule has 0 N–H and O–H groups in total. The number of rotatable bonds is 5. The van der Waals surface area contributed by atoms with E-state index in [9.17, 15) is 9.59 Å². The molecule has 1 aliphatic rings. The highest BCUT2D eigenvalue weighted by Gasteiger charge is 2.26. The minimum absolute atomic E-state index is 0.235. The molecule has 4 heterocycles. The molecule has 5 aromatic rings. The van der Waals surface area contributed by atoms with E-state index in [4.69, 9.17) is 14.8 Å². The number of benzene rings is 2. The number of para-hydroxylation sites is 2. The Morgan fingerprint density at radius 1 is 1.03 bits per heavy atom. The predicted molar refractivity (Wildman–Crippen MR) is 144 cm³/mol. The summed E-state index contributed by atoms with van der Waals surface area (Å²) in [6.07, 6.45) is 1.81. The fraction of sp³-hybridized carbons (Fsp3) is 0.172. The summed E-state index contributed by atoms with van der Waals surface area (Å²) in [5.74, 6) is -0.805. The molecule has 6 rings (SSSR count). The summed E-state index contributed by atoms with van der Waals surface area (Å²) in [7, 11) is 0. The van der Waals surface area contributed by atoms with Gasteiger partial charge in [0.1, 0.15) is 0 Å². The van der Waals surface area contributed by atoms with Crippen molar-refractivity contribution < 1.29 is 14.3 Å². The van der Waals surface area contributed by atoms with Crippen molar-refractivity contribution in [2.45, 2.75) is 19.8 Å². The summed E-state index contributed by atoms with van der Waals surface area (Å²) in [4.78, 5) is 34.1. The number of aromatic nitrogens is 3. The summed E-state index contributed by atoms with van der Waals surface area (Å²) >= 11 is 1.54. The van der Waals surface area contributed by atoms with E-state index in [1.807, 2.05) is 79.0 Å². The zero-order valence-electron chi connectivity index (χ0n) is 20.3. The molecule has 1 aliphatic heterocycles. The minimum Gasteiger partial charge on any atom is -0.452 e. The van der Waals surface area contributed by atoms with Gasteiger partial charge in [-0.15, -0.1) is 11.3 Å². The maximum Gasteiger partial charge on any atom is 0.339 e. The van der Waals surface area contributed by atoms with Gasteiger partial charge in [0.25, 0.3) is 5.91 Å². The van der Waals surface area contributed by atoms with E-state index in [-0.39, 0.29) is 12.5 Å². The van der Waals surface area contributed by atoms with E-state index in [1.54, 1.807) is 15.6 Å². The first kappa shape index (κ1) is 23.1. The molecule has 0 radical (unpaired) electrons. The van der Waals surface area contributed by atoms with Gasteiger partial charge in [0.2, 0.25) is 0 Å². The van der Waals surface area contributed by atoms with Crippen LogP contribution in [0.3, 0.4) is 0 Å². The number of anilines is 1. The Balaban J connectivity index is 1.35. The van der Waals surface area contributed by atoms with Crippen LogP contribution in [0, 0.1) is 6.92 Å². The van der Waals surface area contributed by atoms with E-state index in [0.29, 0.717) is 34.5 Å². The molecule has 0 spiro atoms. The van der Waals surface area contributed by atoms with Crippen LogP contribution < -0.4 is 4.90 Å². The Morgan fingerprint density at radius 3 is 2.65 bits per heavy atom. The number of carbonyl (C=O) groups excluding carboxylic acids is 2. The van der Waals surface area contributed by atoms with Crippen molar-refractivity contribution in [3.05, 3.63) is 95.0 Å². The van der Waals surface area contributed by atoms with Crippen molar-refractivity contribution in [1.82, 2.24) is 14.8 Å². The molecule has 2 aromatic carbocycles. The lowest BCUT2D eigenvalue weighted by Crippen LogP contribution is -2.38. The topological polar surface area (TPSA) is 77.3 Å². The van der Waals surface area contributed by atoms with Gasteiger partial charge < -0.3 is 9.64 Å². The summed E-state index contributed by atoms with van der Waals surface area (Å²) in [5.41, 5.74) is 5.09. The molecule has 0 aliphatic carbocycles. The average Bonchev–Trinajstić information content (AvgIpc) is 3.60. The van der Waals surface area contributed by atoms with Crippen molar-refractivity contribution in [2.24, 2.45) is 0 Å². The van der Waals surface area contributed by atoms with Crippen molar-refractivity contribution in [3.8, 4) is 16.3 Å². The van der Waals surface area contributed by atoms with E-state index >= 15 is 0 Å². The molecule has 3 aromatic heterocycles. The Kier molecular flexibility index (Phi) is 6.02. The average molecular weight is 509 g/mol. The first-order valence-corrected chi connectivity index (χ1v) is 13.0. The first-order chi connectivity index (χ1) is 18.1. The molecule has 0 bridgehead atoms. The normalized spacial score (nSPS) is 12.9. The number of thiophene rings is 1. The number of esters is 1. The number of hydrogen-bond donors (Lipinski definition) is 0. The molecule has 0 unspecified atom stereocenters. The van der Waals surface area contributed by atoms with Gasteiger partial charge in [-0.2, -0.15) is 5.10 Å². The maximum atomic E-state index is 13.5. The number of nitrogens with zero attached hydrogens (tertiary/aromatic N) is 4.